The van der Waals surface area contributed by atoms with Crippen LogP contribution in [0, 0.1) is 0 Å². The van der Waals surface area contributed by atoms with Gasteiger partial charge in [-0.3, -0.25) is 0 Å². The van der Waals surface area contributed by atoms with E-state index < -0.39 is 6.09 Å². The highest BCUT2D eigenvalue weighted by Crippen LogP contribution is 2.23. The van der Waals surface area contributed by atoms with Crippen molar-refractivity contribution >= 4 is 29.2 Å². The van der Waals surface area contributed by atoms with Crippen molar-refractivity contribution in [2.45, 2.75) is 5.03 Å². The molecule has 1 rings (SSSR count). The molecule has 0 spiro atoms. The molecule has 0 saturated carbocycles. The molecule has 0 atom stereocenters. The molecule has 0 aromatic carbocycles. The molecule has 0 aliphatic carbocycles. The molecule has 11 heavy (non-hydrogen) atoms. The molecule has 1 aromatic heterocycles. The van der Waals surface area contributed by atoms with Gasteiger partial charge in [-0.15, -0.1) is 11.8 Å². The number of primary amides is 1. The monoisotopic (exact) mass is 190 g/mol. The Balaban J connectivity index is 2.65. The van der Waals surface area contributed by atoms with Gasteiger partial charge in [0.25, 0.3) is 5.19 Å². The average Bonchev–Trinajstić information content (AvgIpc) is 2.34. The molecule has 1 amide bonds. The van der Waals surface area contributed by atoms with E-state index in [1.165, 1.54) is 23.1 Å². The second-order valence-electron chi connectivity index (χ2n) is 1.58. The third-order valence-electron chi connectivity index (χ3n) is 0.859. The Bertz CT molecular complexity index is 261. The van der Waals surface area contributed by atoms with Gasteiger partial charge in [-0.2, -0.15) is 4.98 Å². The minimum absolute atomic E-state index is 0.293. The first-order valence-electron chi connectivity index (χ1n) is 2.69. The average molecular weight is 190 g/mol. The highest BCUT2D eigenvalue weighted by molar-refractivity contribution is 7.98. The summed E-state index contributed by atoms with van der Waals surface area (Å²) in [5.41, 5.74) is 4.77. The van der Waals surface area contributed by atoms with Crippen molar-refractivity contribution in [2.24, 2.45) is 5.73 Å². The van der Waals surface area contributed by atoms with E-state index in [0.29, 0.717) is 5.19 Å². The zero-order valence-electron chi connectivity index (χ0n) is 5.73. The van der Waals surface area contributed by atoms with Crippen LogP contribution in [-0.2, 0) is 0 Å². The summed E-state index contributed by atoms with van der Waals surface area (Å²) in [6.07, 6.45) is 1.07. The highest BCUT2D eigenvalue weighted by atomic mass is 32.2. The zero-order chi connectivity index (χ0) is 8.27. The van der Waals surface area contributed by atoms with E-state index in [0.717, 1.165) is 5.03 Å². The molecule has 0 fully saturated rings. The highest BCUT2D eigenvalue weighted by Gasteiger charge is 2.03. The molecule has 0 saturated heterocycles. The quantitative estimate of drug-likeness (QED) is 0.714. The van der Waals surface area contributed by atoms with Crippen LogP contribution < -0.4 is 10.5 Å². The predicted octanol–water partition coefficient (Wildman–Crippen LogP) is 1.32. The topological polar surface area (TPSA) is 65.2 Å². The number of aromatic nitrogens is 1. The summed E-state index contributed by atoms with van der Waals surface area (Å²) in [5, 5.41) is 2.91. The molecule has 2 N–H and O–H groups in total. The minimum atomic E-state index is -0.827. The molecular formula is C5H6N2O2S2. The van der Waals surface area contributed by atoms with E-state index in [-0.39, 0.29) is 0 Å². The summed E-state index contributed by atoms with van der Waals surface area (Å²) in [7, 11) is 0. The van der Waals surface area contributed by atoms with E-state index >= 15 is 0 Å². The third kappa shape index (κ3) is 2.39. The van der Waals surface area contributed by atoms with Crippen LogP contribution >= 0.6 is 23.1 Å². The van der Waals surface area contributed by atoms with Gasteiger partial charge in [0.1, 0.15) is 5.03 Å². The number of nitrogens with zero attached hydrogens (tertiary/aromatic N) is 1. The minimum Gasteiger partial charge on any atom is -0.381 e. The smallest absolute Gasteiger partial charge is 0.381 e. The third-order valence-corrected chi connectivity index (χ3v) is 2.35. The maximum absolute atomic E-state index is 10.2. The molecule has 4 nitrogen and oxygen atoms in total. The SMILES string of the molecule is CSc1csc(OC(N)=O)n1. The van der Waals surface area contributed by atoms with Gasteiger partial charge in [-0.25, -0.2) is 4.79 Å². The van der Waals surface area contributed by atoms with Crippen LogP contribution in [0.2, 0.25) is 0 Å². The molecular weight excluding hydrogens is 184 g/mol. The number of hydrogen-bond acceptors (Lipinski definition) is 5. The summed E-state index contributed by atoms with van der Waals surface area (Å²) in [6.45, 7) is 0. The maximum atomic E-state index is 10.2. The predicted molar refractivity (Wildman–Crippen MR) is 44.1 cm³/mol. The van der Waals surface area contributed by atoms with Crippen LogP contribution in [0.25, 0.3) is 0 Å². The van der Waals surface area contributed by atoms with Crippen molar-refractivity contribution < 1.29 is 9.53 Å². The van der Waals surface area contributed by atoms with Gasteiger partial charge in [0, 0.05) is 5.38 Å². The molecule has 1 heterocycles. The van der Waals surface area contributed by atoms with Crippen LogP contribution in [0.1, 0.15) is 0 Å². The first kappa shape index (κ1) is 8.35. The van der Waals surface area contributed by atoms with E-state index in [9.17, 15) is 4.79 Å². The van der Waals surface area contributed by atoms with Crippen molar-refractivity contribution in [3.8, 4) is 5.19 Å². The van der Waals surface area contributed by atoms with Crippen molar-refractivity contribution in [2.75, 3.05) is 6.26 Å². The molecule has 0 aliphatic rings. The summed E-state index contributed by atoms with van der Waals surface area (Å²) in [6, 6.07) is 0. The van der Waals surface area contributed by atoms with Gasteiger partial charge in [0.05, 0.1) is 0 Å². The van der Waals surface area contributed by atoms with Crippen LogP contribution in [0.4, 0.5) is 4.79 Å². The lowest BCUT2D eigenvalue weighted by Crippen LogP contribution is -2.15. The van der Waals surface area contributed by atoms with E-state index in [1.54, 1.807) is 5.38 Å². The van der Waals surface area contributed by atoms with Gasteiger partial charge >= 0.3 is 6.09 Å². The zero-order valence-corrected chi connectivity index (χ0v) is 7.37. The number of amides is 1. The Hall–Kier alpha value is -0.750. The first-order chi connectivity index (χ1) is 5.22. The second-order valence-corrected chi connectivity index (χ2v) is 3.22. The van der Waals surface area contributed by atoms with E-state index in [1.807, 2.05) is 6.26 Å². The Kier molecular flexibility index (Phi) is 2.72. The lowest BCUT2D eigenvalue weighted by molar-refractivity contribution is 0.210. The fourth-order valence-corrected chi connectivity index (χ4v) is 1.77. The summed E-state index contributed by atoms with van der Waals surface area (Å²) < 4.78 is 4.53. The Labute approximate surface area is 71.8 Å². The summed E-state index contributed by atoms with van der Waals surface area (Å²) in [4.78, 5) is 14.2. The van der Waals surface area contributed by atoms with Gasteiger partial charge in [-0.1, -0.05) is 11.3 Å². The van der Waals surface area contributed by atoms with Crippen LogP contribution in [0.3, 0.4) is 0 Å². The van der Waals surface area contributed by atoms with Crippen molar-refractivity contribution in [1.82, 2.24) is 4.98 Å². The van der Waals surface area contributed by atoms with Crippen LogP contribution in [-0.4, -0.2) is 17.3 Å². The number of carbonyl (C=O) groups is 1. The normalized spacial score (nSPS) is 9.55. The summed E-state index contributed by atoms with van der Waals surface area (Å²) in [5.74, 6) is 0. The van der Waals surface area contributed by atoms with Gasteiger partial charge in [-0.05, 0) is 6.26 Å². The van der Waals surface area contributed by atoms with Crippen molar-refractivity contribution in [3.63, 3.8) is 0 Å². The number of hydrogen-bond donors (Lipinski definition) is 1. The van der Waals surface area contributed by atoms with Gasteiger partial charge in [0.15, 0.2) is 0 Å². The fourth-order valence-electron chi connectivity index (χ4n) is 0.470. The maximum Gasteiger partial charge on any atom is 0.411 e. The molecule has 1 aromatic rings. The number of nitrogens with two attached hydrogens (primary N) is 1. The molecule has 0 unspecified atom stereocenters. The van der Waals surface area contributed by atoms with Crippen LogP contribution in [0.5, 0.6) is 5.19 Å². The Morgan fingerprint density at radius 1 is 1.91 bits per heavy atom. The molecule has 0 radical (unpaired) electrons. The van der Waals surface area contributed by atoms with Gasteiger partial charge < -0.3 is 10.5 Å². The van der Waals surface area contributed by atoms with E-state index in [4.69, 9.17) is 5.73 Å². The Morgan fingerprint density at radius 2 is 2.64 bits per heavy atom. The number of rotatable bonds is 2. The lowest BCUT2D eigenvalue weighted by atomic mass is 11.0. The first-order valence-corrected chi connectivity index (χ1v) is 4.79. The lowest BCUT2D eigenvalue weighted by Gasteiger charge is -1.90. The largest absolute Gasteiger partial charge is 0.411 e. The summed E-state index contributed by atoms with van der Waals surface area (Å²) >= 11 is 2.73. The number of thioether (sulfide) groups is 1. The Morgan fingerprint density at radius 3 is 3.09 bits per heavy atom. The van der Waals surface area contributed by atoms with Crippen molar-refractivity contribution in [1.29, 1.82) is 0 Å². The fraction of sp³-hybridized carbons (Fsp3) is 0.200. The standard InChI is InChI=1S/C5H6N2O2S2/c1-10-3-2-11-5(7-3)9-4(6)8/h2H,1H3,(H2,6,8). The second kappa shape index (κ2) is 3.59. The molecule has 0 aliphatic heterocycles. The van der Waals surface area contributed by atoms with Crippen LogP contribution in [0.15, 0.2) is 10.4 Å². The van der Waals surface area contributed by atoms with E-state index in [2.05, 4.69) is 9.72 Å². The number of carbonyl (C=O) groups excluding carboxylic acids is 1. The molecule has 6 heteroatoms. The molecule has 0 bridgehead atoms. The number of ether oxygens (including phenoxy) is 1. The van der Waals surface area contributed by atoms with Gasteiger partial charge in [0.2, 0.25) is 0 Å². The molecule has 60 valence electrons. The number of thiazole rings is 1. The van der Waals surface area contributed by atoms with Crippen molar-refractivity contribution in [3.05, 3.63) is 5.38 Å².